The van der Waals surface area contributed by atoms with Crippen molar-refractivity contribution < 1.29 is 8.42 Å². The first kappa shape index (κ1) is 20.0. The number of hydrogen-bond donors (Lipinski definition) is 1. The van der Waals surface area contributed by atoms with Crippen molar-refractivity contribution in [3.63, 3.8) is 0 Å². The number of rotatable bonds is 6. The molecule has 0 aliphatic rings. The zero-order valence-electron chi connectivity index (χ0n) is 16.9. The number of aromatic nitrogens is 5. The smallest absolute Gasteiger partial charge is 0.252 e. The summed E-state index contributed by atoms with van der Waals surface area (Å²) in [6.45, 7) is 4.45. The van der Waals surface area contributed by atoms with Crippen molar-refractivity contribution in [2.75, 3.05) is 11.6 Å². The fourth-order valence-electron chi connectivity index (χ4n) is 3.22. The first-order valence-electron chi connectivity index (χ1n) is 9.52. The van der Waals surface area contributed by atoms with Crippen LogP contribution in [0.15, 0.2) is 60.1 Å². The molecular formula is C21H22N6O2S. The van der Waals surface area contributed by atoms with E-state index in [-0.39, 0.29) is 11.1 Å². The molecule has 0 unspecified atom stereocenters. The second-order valence-corrected chi connectivity index (χ2v) is 9.25. The third-order valence-corrected chi connectivity index (χ3v) is 5.60. The van der Waals surface area contributed by atoms with E-state index in [9.17, 15) is 8.42 Å². The maximum atomic E-state index is 12.2. The number of benzene rings is 1. The Balaban J connectivity index is 1.75. The van der Waals surface area contributed by atoms with E-state index in [4.69, 9.17) is 0 Å². The van der Waals surface area contributed by atoms with Crippen LogP contribution in [-0.2, 0) is 16.4 Å². The predicted molar refractivity (Wildman–Crippen MR) is 115 cm³/mol. The van der Waals surface area contributed by atoms with E-state index in [2.05, 4.69) is 25.4 Å². The lowest BCUT2D eigenvalue weighted by Gasteiger charge is -2.13. The van der Waals surface area contributed by atoms with Crippen molar-refractivity contribution in [3.8, 4) is 11.1 Å². The number of nitrogens with one attached hydrogen (secondary N) is 1. The van der Waals surface area contributed by atoms with Crippen molar-refractivity contribution in [2.24, 2.45) is 0 Å². The highest BCUT2D eigenvalue weighted by Crippen LogP contribution is 2.25. The molecule has 4 aromatic rings. The number of nitrogens with zero attached hydrogens (tertiary/aromatic N) is 5. The quantitative estimate of drug-likeness (QED) is 0.508. The van der Waals surface area contributed by atoms with Crippen molar-refractivity contribution in [3.05, 3.63) is 66.1 Å². The van der Waals surface area contributed by atoms with Gasteiger partial charge in [-0.2, -0.15) is 19.6 Å². The van der Waals surface area contributed by atoms with Gasteiger partial charge in [0.2, 0.25) is 15.8 Å². The van der Waals surface area contributed by atoms with E-state index < -0.39 is 9.84 Å². The molecule has 30 heavy (non-hydrogen) atoms. The predicted octanol–water partition coefficient (Wildman–Crippen LogP) is 3.33. The SMILES string of the molecule is CC(C)c1cnn2c(NCc3ccccc3-c3cccnc3)nc(S(C)(=O)=O)nc12. The molecule has 0 atom stereocenters. The fourth-order valence-corrected chi connectivity index (χ4v) is 3.72. The van der Waals surface area contributed by atoms with E-state index in [1.165, 1.54) is 0 Å². The Morgan fingerprint density at radius 3 is 2.57 bits per heavy atom. The molecule has 0 aliphatic carbocycles. The van der Waals surface area contributed by atoms with Crippen LogP contribution in [0.4, 0.5) is 5.95 Å². The third-order valence-electron chi connectivity index (χ3n) is 4.76. The van der Waals surface area contributed by atoms with Crippen LogP contribution in [0.3, 0.4) is 0 Å². The van der Waals surface area contributed by atoms with E-state index in [0.29, 0.717) is 18.1 Å². The second kappa shape index (κ2) is 7.83. The number of pyridine rings is 1. The van der Waals surface area contributed by atoms with Gasteiger partial charge in [-0.1, -0.05) is 44.2 Å². The second-order valence-electron chi connectivity index (χ2n) is 7.34. The molecule has 4 rings (SSSR count). The Morgan fingerprint density at radius 1 is 1.07 bits per heavy atom. The van der Waals surface area contributed by atoms with Crippen LogP contribution in [0.1, 0.15) is 30.9 Å². The molecule has 154 valence electrons. The van der Waals surface area contributed by atoms with Gasteiger partial charge in [0, 0.05) is 36.3 Å². The van der Waals surface area contributed by atoms with Crippen LogP contribution < -0.4 is 5.32 Å². The molecule has 1 aromatic carbocycles. The molecule has 0 amide bonds. The summed E-state index contributed by atoms with van der Waals surface area (Å²) < 4.78 is 25.9. The van der Waals surface area contributed by atoms with Gasteiger partial charge in [-0.05, 0) is 23.1 Å². The Labute approximate surface area is 175 Å². The summed E-state index contributed by atoms with van der Waals surface area (Å²) in [6, 6.07) is 11.9. The Hall–Kier alpha value is -3.33. The van der Waals surface area contributed by atoms with Crippen LogP contribution in [0.5, 0.6) is 0 Å². The van der Waals surface area contributed by atoms with Gasteiger partial charge in [0.15, 0.2) is 5.65 Å². The Kier molecular flexibility index (Phi) is 5.21. The molecule has 0 radical (unpaired) electrons. The van der Waals surface area contributed by atoms with Crippen LogP contribution >= 0.6 is 0 Å². The molecule has 1 N–H and O–H groups in total. The Bertz CT molecular complexity index is 1300. The molecule has 0 bridgehead atoms. The number of fused-ring (bicyclic) bond motifs is 1. The van der Waals surface area contributed by atoms with Gasteiger partial charge in [0.05, 0.1) is 6.20 Å². The largest absolute Gasteiger partial charge is 0.350 e. The molecule has 9 heteroatoms. The fraction of sp³-hybridized carbons (Fsp3) is 0.238. The molecular weight excluding hydrogens is 400 g/mol. The maximum Gasteiger partial charge on any atom is 0.252 e. The summed E-state index contributed by atoms with van der Waals surface area (Å²) in [6.07, 6.45) is 6.35. The lowest BCUT2D eigenvalue weighted by atomic mass is 10.0. The minimum Gasteiger partial charge on any atom is -0.350 e. The van der Waals surface area contributed by atoms with Crippen LogP contribution in [0.25, 0.3) is 16.8 Å². The van der Waals surface area contributed by atoms with Crippen LogP contribution in [0, 0.1) is 0 Å². The van der Waals surface area contributed by atoms with E-state index in [0.717, 1.165) is 28.5 Å². The lowest BCUT2D eigenvalue weighted by Crippen LogP contribution is -2.14. The summed E-state index contributed by atoms with van der Waals surface area (Å²) in [7, 11) is -3.58. The minimum atomic E-state index is -3.58. The number of hydrogen-bond acceptors (Lipinski definition) is 7. The molecule has 0 saturated carbocycles. The van der Waals surface area contributed by atoms with Crippen molar-refractivity contribution >= 4 is 21.4 Å². The first-order valence-corrected chi connectivity index (χ1v) is 11.4. The van der Waals surface area contributed by atoms with Crippen molar-refractivity contribution in [2.45, 2.75) is 31.5 Å². The standard InChI is InChI=1S/C21H22N6O2S/c1-14(2)18-13-24-27-19(18)25-21(30(3,28)29)26-20(27)23-12-16-7-4-5-9-17(16)15-8-6-10-22-11-15/h4-11,13-14H,12H2,1-3H3,(H,23,25,26). The average Bonchev–Trinajstić information content (AvgIpc) is 3.17. The van der Waals surface area contributed by atoms with Crippen molar-refractivity contribution in [1.29, 1.82) is 0 Å². The number of anilines is 1. The molecule has 0 aliphatic heterocycles. The topological polar surface area (TPSA) is 102 Å². The average molecular weight is 423 g/mol. The normalized spacial score (nSPS) is 11.9. The van der Waals surface area contributed by atoms with Crippen LogP contribution in [0.2, 0.25) is 0 Å². The summed E-state index contributed by atoms with van der Waals surface area (Å²) >= 11 is 0. The molecule has 3 heterocycles. The highest BCUT2D eigenvalue weighted by molar-refractivity contribution is 7.90. The van der Waals surface area contributed by atoms with Gasteiger partial charge >= 0.3 is 0 Å². The van der Waals surface area contributed by atoms with Gasteiger partial charge in [-0.25, -0.2) is 8.42 Å². The highest BCUT2D eigenvalue weighted by atomic mass is 32.2. The van der Waals surface area contributed by atoms with Gasteiger partial charge in [0.25, 0.3) is 5.16 Å². The van der Waals surface area contributed by atoms with Gasteiger partial charge < -0.3 is 5.32 Å². The van der Waals surface area contributed by atoms with Crippen molar-refractivity contribution in [1.82, 2.24) is 24.6 Å². The van der Waals surface area contributed by atoms with E-state index >= 15 is 0 Å². The van der Waals surface area contributed by atoms with Gasteiger partial charge in [0.1, 0.15) is 0 Å². The lowest BCUT2D eigenvalue weighted by molar-refractivity contribution is 0.592. The minimum absolute atomic E-state index is 0.143. The summed E-state index contributed by atoms with van der Waals surface area (Å²) in [5.41, 5.74) is 4.41. The van der Waals surface area contributed by atoms with Gasteiger partial charge in [-0.15, -0.1) is 0 Å². The zero-order chi connectivity index (χ0) is 21.3. The first-order chi connectivity index (χ1) is 14.3. The van der Waals surface area contributed by atoms with Gasteiger partial charge in [-0.3, -0.25) is 4.98 Å². The molecule has 0 fully saturated rings. The highest BCUT2D eigenvalue weighted by Gasteiger charge is 2.20. The summed E-state index contributed by atoms with van der Waals surface area (Å²) in [4.78, 5) is 12.7. The van der Waals surface area contributed by atoms with Crippen LogP contribution in [-0.4, -0.2) is 39.2 Å². The third kappa shape index (κ3) is 3.88. The molecule has 8 nitrogen and oxygen atoms in total. The number of sulfone groups is 1. The summed E-state index contributed by atoms with van der Waals surface area (Å²) in [5.74, 6) is 0.470. The molecule has 3 aromatic heterocycles. The molecule has 0 saturated heterocycles. The summed E-state index contributed by atoms with van der Waals surface area (Å²) in [5, 5.41) is 7.40. The monoisotopic (exact) mass is 422 g/mol. The Morgan fingerprint density at radius 2 is 1.87 bits per heavy atom. The maximum absolute atomic E-state index is 12.2. The van der Waals surface area contributed by atoms with E-state index in [1.807, 2.05) is 56.4 Å². The molecule has 0 spiro atoms. The zero-order valence-corrected chi connectivity index (χ0v) is 17.8. The van der Waals surface area contributed by atoms with E-state index in [1.54, 1.807) is 16.9 Å².